The normalized spacial score (nSPS) is 10.8. The first-order valence-electron chi connectivity index (χ1n) is 6.82. The van der Waals surface area contributed by atoms with Crippen LogP contribution in [0.15, 0.2) is 42.5 Å². The van der Waals surface area contributed by atoms with E-state index in [1.807, 2.05) is 0 Å². The zero-order chi connectivity index (χ0) is 17.3. The minimum atomic E-state index is -1.37. The van der Waals surface area contributed by atoms with Gasteiger partial charge in [0.1, 0.15) is 23.1 Å². The monoisotopic (exact) mass is 333 g/mol. The minimum Gasteiger partial charge on any atom is -0.476 e. The smallest absolute Gasteiger partial charge is 0.358 e. The Balaban J connectivity index is 2.10. The second-order valence-electron chi connectivity index (χ2n) is 5.03. The maximum atomic E-state index is 13.5. The molecule has 0 radical (unpaired) electrons. The highest BCUT2D eigenvalue weighted by molar-refractivity contribution is 5.92. The Bertz CT molecular complexity index is 887. The lowest BCUT2D eigenvalue weighted by Gasteiger charge is -2.08. The van der Waals surface area contributed by atoms with Crippen molar-refractivity contribution in [2.75, 3.05) is 0 Å². The molecule has 3 aromatic rings. The summed E-state index contributed by atoms with van der Waals surface area (Å²) in [6.45, 7) is 0.0635. The van der Waals surface area contributed by atoms with Crippen LogP contribution in [0.5, 0.6) is 0 Å². The number of hydrogen-bond acceptors (Lipinski definition) is 3. The quantitative estimate of drug-likeness (QED) is 0.797. The van der Waals surface area contributed by atoms with Crippen LogP contribution in [0.4, 0.5) is 13.2 Å². The first-order chi connectivity index (χ1) is 11.4. The van der Waals surface area contributed by atoms with E-state index in [-0.39, 0.29) is 17.8 Å². The van der Waals surface area contributed by atoms with Gasteiger partial charge in [-0.2, -0.15) is 0 Å². The van der Waals surface area contributed by atoms with E-state index < -0.39 is 29.1 Å². The number of halogens is 3. The summed E-state index contributed by atoms with van der Waals surface area (Å²) < 4.78 is 41.1. The van der Waals surface area contributed by atoms with Crippen molar-refractivity contribution in [3.63, 3.8) is 0 Å². The molecule has 0 bridgehead atoms. The van der Waals surface area contributed by atoms with Crippen molar-refractivity contribution < 1.29 is 23.1 Å². The molecule has 0 fully saturated rings. The van der Waals surface area contributed by atoms with Gasteiger partial charge in [-0.1, -0.05) is 17.3 Å². The lowest BCUT2D eigenvalue weighted by atomic mass is 10.1. The summed E-state index contributed by atoms with van der Waals surface area (Å²) in [4.78, 5) is 11.3. The fourth-order valence-electron chi connectivity index (χ4n) is 2.31. The van der Waals surface area contributed by atoms with Gasteiger partial charge in [0.2, 0.25) is 0 Å². The van der Waals surface area contributed by atoms with Crippen molar-refractivity contribution in [3.8, 4) is 11.3 Å². The van der Waals surface area contributed by atoms with Crippen molar-refractivity contribution in [2.45, 2.75) is 6.54 Å². The highest BCUT2D eigenvalue weighted by Crippen LogP contribution is 2.25. The van der Waals surface area contributed by atoms with Crippen LogP contribution in [-0.2, 0) is 6.54 Å². The highest BCUT2D eigenvalue weighted by Gasteiger charge is 2.21. The van der Waals surface area contributed by atoms with Crippen LogP contribution in [0.3, 0.4) is 0 Å². The Morgan fingerprint density at radius 2 is 1.62 bits per heavy atom. The number of hydrogen-bond donors (Lipinski definition) is 1. The molecule has 0 amide bonds. The van der Waals surface area contributed by atoms with Crippen molar-refractivity contribution >= 4 is 5.97 Å². The van der Waals surface area contributed by atoms with Crippen LogP contribution in [0.25, 0.3) is 11.3 Å². The second kappa shape index (κ2) is 6.15. The second-order valence-corrected chi connectivity index (χ2v) is 5.03. The van der Waals surface area contributed by atoms with E-state index in [1.165, 1.54) is 28.9 Å². The third-order valence-electron chi connectivity index (χ3n) is 3.32. The molecule has 0 saturated heterocycles. The van der Waals surface area contributed by atoms with E-state index >= 15 is 0 Å². The molecule has 1 heterocycles. The van der Waals surface area contributed by atoms with Gasteiger partial charge in [-0.25, -0.2) is 22.6 Å². The maximum absolute atomic E-state index is 13.5. The van der Waals surface area contributed by atoms with Gasteiger partial charge in [0.25, 0.3) is 0 Å². The molecule has 0 atom stereocenters. The van der Waals surface area contributed by atoms with Crippen molar-refractivity contribution in [3.05, 3.63) is 71.2 Å². The van der Waals surface area contributed by atoms with E-state index in [1.54, 1.807) is 0 Å². The largest absolute Gasteiger partial charge is 0.476 e. The molecule has 0 aliphatic heterocycles. The summed E-state index contributed by atoms with van der Waals surface area (Å²) in [6.07, 6.45) is 0. The average Bonchev–Trinajstić information content (AvgIpc) is 2.92. The van der Waals surface area contributed by atoms with Gasteiger partial charge in [0, 0.05) is 11.6 Å². The molecule has 0 aliphatic carbocycles. The van der Waals surface area contributed by atoms with E-state index in [0.717, 1.165) is 12.1 Å². The van der Waals surface area contributed by atoms with E-state index in [2.05, 4.69) is 10.3 Å². The van der Waals surface area contributed by atoms with Gasteiger partial charge >= 0.3 is 5.97 Å². The van der Waals surface area contributed by atoms with E-state index in [0.29, 0.717) is 11.6 Å². The van der Waals surface area contributed by atoms with Crippen LogP contribution >= 0.6 is 0 Å². The summed E-state index contributed by atoms with van der Waals surface area (Å²) in [5.74, 6) is -3.50. The Morgan fingerprint density at radius 1 is 1.00 bits per heavy atom. The summed E-state index contributed by atoms with van der Waals surface area (Å²) in [5, 5.41) is 16.5. The Kier molecular flexibility index (Phi) is 4.03. The molecule has 0 saturated carbocycles. The third kappa shape index (κ3) is 3.12. The van der Waals surface area contributed by atoms with E-state index in [4.69, 9.17) is 0 Å². The zero-order valence-corrected chi connectivity index (χ0v) is 12.1. The van der Waals surface area contributed by atoms with Crippen molar-refractivity contribution in [2.24, 2.45) is 0 Å². The standard InChI is InChI=1S/C16H10F3N3O2/c17-11-3-1-9(2-4-11)8-22-15(14(16(23)24)20-21-22)10-5-12(18)7-13(19)6-10/h1-7H,8H2,(H,23,24). The lowest BCUT2D eigenvalue weighted by Crippen LogP contribution is -2.06. The molecule has 1 N–H and O–H groups in total. The number of aromatic carboxylic acids is 1. The summed E-state index contributed by atoms with van der Waals surface area (Å²) in [5.41, 5.74) is 0.153. The topological polar surface area (TPSA) is 68.0 Å². The molecule has 0 spiro atoms. The van der Waals surface area contributed by atoms with E-state index in [9.17, 15) is 23.1 Å². The fraction of sp³-hybridized carbons (Fsp3) is 0.0625. The van der Waals surface area contributed by atoms with Gasteiger partial charge in [-0.15, -0.1) is 5.10 Å². The Labute approximate surface area is 134 Å². The Morgan fingerprint density at radius 3 is 2.21 bits per heavy atom. The van der Waals surface area contributed by atoms with Gasteiger partial charge in [-0.05, 0) is 29.8 Å². The number of rotatable bonds is 4. The molecule has 8 heteroatoms. The summed E-state index contributed by atoms with van der Waals surface area (Å²) in [7, 11) is 0. The molecule has 0 unspecified atom stereocenters. The summed E-state index contributed by atoms with van der Waals surface area (Å²) in [6, 6.07) is 8.14. The van der Waals surface area contributed by atoms with Crippen LogP contribution in [0.2, 0.25) is 0 Å². The lowest BCUT2D eigenvalue weighted by molar-refractivity contribution is 0.0691. The molecule has 122 valence electrons. The zero-order valence-electron chi connectivity index (χ0n) is 12.1. The van der Waals surface area contributed by atoms with Crippen LogP contribution in [0, 0.1) is 17.5 Å². The SMILES string of the molecule is O=C(O)c1nnn(Cc2ccc(F)cc2)c1-c1cc(F)cc(F)c1. The van der Waals surface area contributed by atoms with Crippen LogP contribution in [0.1, 0.15) is 16.1 Å². The van der Waals surface area contributed by atoms with Crippen LogP contribution < -0.4 is 0 Å². The molecule has 0 aliphatic rings. The summed E-state index contributed by atoms with van der Waals surface area (Å²) >= 11 is 0. The minimum absolute atomic E-state index is 0.00277. The van der Waals surface area contributed by atoms with Crippen molar-refractivity contribution in [1.82, 2.24) is 15.0 Å². The van der Waals surface area contributed by atoms with Gasteiger partial charge < -0.3 is 5.11 Å². The molecule has 2 aromatic carbocycles. The molecule has 5 nitrogen and oxygen atoms in total. The third-order valence-corrected chi connectivity index (χ3v) is 3.32. The number of benzene rings is 2. The molecular weight excluding hydrogens is 323 g/mol. The number of carboxylic acid groups (broad SMARTS) is 1. The molecule has 24 heavy (non-hydrogen) atoms. The maximum Gasteiger partial charge on any atom is 0.358 e. The fourth-order valence-corrected chi connectivity index (χ4v) is 2.31. The average molecular weight is 333 g/mol. The van der Waals surface area contributed by atoms with Crippen LogP contribution in [-0.4, -0.2) is 26.1 Å². The molecular formula is C16H10F3N3O2. The first-order valence-corrected chi connectivity index (χ1v) is 6.82. The Hall–Kier alpha value is -3.16. The molecule has 3 rings (SSSR count). The van der Waals surface area contributed by atoms with Crippen molar-refractivity contribution in [1.29, 1.82) is 0 Å². The predicted octanol–water partition coefficient (Wildman–Crippen LogP) is 3.11. The van der Waals surface area contributed by atoms with Gasteiger partial charge in [-0.3, -0.25) is 0 Å². The molecule has 1 aromatic heterocycles. The number of nitrogens with zero attached hydrogens (tertiary/aromatic N) is 3. The highest BCUT2D eigenvalue weighted by atomic mass is 19.1. The van der Waals surface area contributed by atoms with Gasteiger partial charge in [0.05, 0.1) is 6.54 Å². The first kappa shape index (κ1) is 15.7. The number of carbonyl (C=O) groups is 1. The predicted molar refractivity (Wildman–Crippen MR) is 77.8 cm³/mol. The van der Waals surface area contributed by atoms with Gasteiger partial charge in [0.15, 0.2) is 5.69 Å². The number of carboxylic acids is 1. The number of aromatic nitrogens is 3.